The second kappa shape index (κ2) is 9.63. The number of carbonyl (C=O) groups is 1. The van der Waals surface area contributed by atoms with E-state index in [-0.39, 0.29) is 6.42 Å². The molecule has 1 aromatic carbocycles. The number of aryl methyl sites for hydroxylation is 2. The van der Waals surface area contributed by atoms with E-state index in [1.165, 1.54) is 7.05 Å². The van der Waals surface area contributed by atoms with E-state index < -0.39 is 35.2 Å². The molecule has 0 bridgehead atoms. The van der Waals surface area contributed by atoms with Crippen LogP contribution in [0.1, 0.15) is 22.3 Å². The van der Waals surface area contributed by atoms with Crippen LogP contribution in [0, 0.1) is 6.92 Å². The highest BCUT2D eigenvalue weighted by Gasteiger charge is 2.32. The van der Waals surface area contributed by atoms with Crippen LogP contribution in [0.25, 0.3) is 0 Å². The first-order valence-corrected chi connectivity index (χ1v) is 10.9. The van der Waals surface area contributed by atoms with Gasteiger partial charge < -0.3 is 25.0 Å². The number of aliphatic hydroxyl groups is 1. The van der Waals surface area contributed by atoms with Crippen LogP contribution in [0.5, 0.6) is 11.5 Å². The van der Waals surface area contributed by atoms with Gasteiger partial charge in [-0.3, -0.25) is 14.5 Å². The van der Waals surface area contributed by atoms with Crippen molar-refractivity contribution in [1.29, 1.82) is 0 Å². The highest BCUT2D eigenvalue weighted by Crippen LogP contribution is 2.34. The third-order valence-corrected chi connectivity index (χ3v) is 5.71. The Kier molecular flexibility index (Phi) is 6.74. The normalized spacial score (nSPS) is 15.7. The molecule has 2 aromatic heterocycles. The molecule has 0 fully saturated rings. The van der Waals surface area contributed by atoms with Crippen molar-refractivity contribution < 1.29 is 27.8 Å². The maximum atomic E-state index is 13.1. The summed E-state index contributed by atoms with van der Waals surface area (Å²) in [6.45, 7) is 2.21. The molecule has 12 heteroatoms. The Bertz CT molecular complexity index is 1370. The monoisotopic (exact) mass is 503 g/mol. The number of benzene rings is 1. The molecule has 1 unspecified atom stereocenters. The van der Waals surface area contributed by atoms with Crippen LogP contribution in [0.3, 0.4) is 0 Å². The Morgan fingerprint density at radius 2 is 2.00 bits per heavy atom. The molecule has 3 heterocycles. The fourth-order valence-corrected chi connectivity index (χ4v) is 3.81. The van der Waals surface area contributed by atoms with Gasteiger partial charge in [-0.25, -0.2) is 4.98 Å². The lowest BCUT2D eigenvalue weighted by molar-refractivity contribution is -0.138. The Labute approximate surface area is 204 Å². The largest absolute Gasteiger partial charge is 0.457 e. The van der Waals surface area contributed by atoms with Crippen molar-refractivity contribution in [3.05, 3.63) is 75.3 Å². The van der Waals surface area contributed by atoms with E-state index in [2.05, 4.69) is 15.6 Å². The zero-order valence-corrected chi connectivity index (χ0v) is 19.7. The van der Waals surface area contributed by atoms with E-state index in [0.29, 0.717) is 41.7 Å². The Hall–Kier alpha value is -3.90. The molecule has 1 aliphatic heterocycles. The van der Waals surface area contributed by atoms with Gasteiger partial charge in [0.15, 0.2) is 6.35 Å². The molecule has 36 heavy (non-hydrogen) atoms. The first-order valence-electron chi connectivity index (χ1n) is 10.9. The van der Waals surface area contributed by atoms with Crippen molar-refractivity contribution in [2.24, 2.45) is 7.05 Å². The number of aliphatic hydroxyl groups excluding tert-OH is 1. The number of carbonyl (C=O) groups excluding carboxylic acids is 1. The number of nitrogens with zero attached hydrogens (tertiary/aromatic N) is 3. The molecule has 0 aliphatic carbocycles. The summed E-state index contributed by atoms with van der Waals surface area (Å²) in [7, 11) is 2.93. The summed E-state index contributed by atoms with van der Waals surface area (Å²) >= 11 is 0. The Balaban J connectivity index is 1.49. The van der Waals surface area contributed by atoms with Crippen LogP contribution in [0.15, 0.2) is 47.5 Å². The van der Waals surface area contributed by atoms with Crippen LogP contribution >= 0.6 is 0 Å². The summed E-state index contributed by atoms with van der Waals surface area (Å²) in [4.78, 5) is 30.6. The van der Waals surface area contributed by atoms with E-state index in [9.17, 15) is 27.9 Å². The van der Waals surface area contributed by atoms with E-state index in [1.807, 2.05) is 0 Å². The van der Waals surface area contributed by atoms with Crippen molar-refractivity contribution in [3.63, 3.8) is 0 Å². The number of hydrogen-bond donors (Lipinski definition) is 3. The Morgan fingerprint density at radius 1 is 1.25 bits per heavy atom. The molecule has 1 amide bonds. The first kappa shape index (κ1) is 25.2. The summed E-state index contributed by atoms with van der Waals surface area (Å²) in [5.41, 5.74) is -0.146. The van der Waals surface area contributed by atoms with Gasteiger partial charge in [0.05, 0.1) is 17.5 Å². The van der Waals surface area contributed by atoms with Crippen LogP contribution in [-0.4, -0.2) is 38.9 Å². The number of aromatic nitrogens is 2. The molecule has 1 aliphatic rings. The number of fused-ring (bicyclic) bond motifs is 1. The van der Waals surface area contributed by atoms with Gasteiger partial charge in [-0.15, -0.1) is 0 Å². The Morgan fingerprint density at radius 3 is 2.69 bits per heavy atom. The van der Waals surface area contributed by atoms with Crippen molar-refractivity contribution in [2.45, 2.75) is 32.4 Å². The summed E-state index contributed by atoms with van der Waals surface area (Å²) in [5, 5.41) is 15.1. The van der Waals surface area contributed by atoms with Gasteiger partial charge >= 0.3 is 6.18 Å². The number of pyridine rings is 2. The minimum absolute atomic E-state index is 0.155. The molecular formula is C24H24F3N5O4. The van der Waals surface area contributed by atoms with Crippen LogP contribution in [0.4, 0.5) is 24.7 Å². The number of halogens is 3. The highest BCUT2D eigenvalue weighted by atomic mass is 19.4. The summed E-state index contributed by atoms with van der Waals surface area (Å²) < 4.78 is 46.1. The lowest BCUT2D eigenvalue weighted by Gasteiger charge is -2.31. The third-order valence-electron chi connectivity index (χ3n) is 5.71. The molecule has 190 valence electrons. The van der Waals surface area contributed by atoms with E-state index >= 15 is 0 Å². The van der Waals surface area contributed by atoms with Gasteiger partial charge in [0.1, 0.15) is 23.0 Å². The number of rotatable bonds is 5. The average Bonchev–Trinajstić information content (AvgIpc) is 2.79. The fraction of sp³-hybridized carbons (Fsp3) is 0.292. The van der Waals surface area contributed by atoms with Crippen LogP contribution in [-0.2, 0) is 31.0 Å². The fourth-order valence-electron chi connectivity index (χ4n) is 3.81. The molecule has 0 radical (unpaired) electrons. The lowest BCUT2D eigenvalue weighted by atomic mass is 10.1. The van der Waals surface area contributed by atoms with Gasteiger partial charge in [0, 0.05) is 26.0 Å². The van der Waals surface area contributed by atoms with E-state index in [4.69, 9.17) is 4.74 Å². The van der Waals surface area contributed by atoms with E-state index in [1.54, 1.807) is 49.3 Å². The van der Waals surface area contributed by atoms with Crippen LogP contribution in [0.2, 0.25) is 0 Å². The molecular weight excluding hydrogens is 479 g/mol. The zero-order chi connectivity index (χ0) is 26.2. The number of alkyl halides is 3. The van der Waals surface area contributed by atoms with Crippen molar-refractivity contribution in [2.75, 3.05) is 17.7 Å². The molecule has 3 aromatic rings. The highest BCUT2D eigenvalue weighted by molar-refractivity contribution is 5.92. The van der Waals surface area contributed by atoms with Crippen molar-refractivity contribution >= 4 is 17.4 Å². The number of amides is 1. The number of nitrogens with one attached hydrogen (secondary N) is 2. The van der Waals surface area contributed by atoms with Gasteiger partial charge in [0.25, 0.3) is 5.56 Å². The molecule has 0 saturated carbocycles. The second-order valence-corrected chi connectivity index (χ2v) is 8.55. The first-order chi connectivity index (χ1) is 16.9. The van der Waals surface area contributed by atoms with Gasteiger partial charge in [-0.2, -0.15) is 13.2 Å². The average molecular weight is 503 g/mol. The maximum Gasteiger partial charge on any atom is 0.417 e. The lowest BCUT2D eigenvalue weighted by Crippen LogP contribution is -2.41. The number of anilines is 2. The molecule has 4 rings (SSSR count). The third kappa shape index (κ3) is 5.34. The van der Waals surface area contributed by atoms with Crippen LogP contribution < -0.4 is 20.9 Å². The number of ether oxygens (including phenoxy) is 1. The predicted octanol–water partition coefficient (Wildman–Crippen LogP) is 3.21. The summed E-state index contributed by atoms with van der Waals surface area (Å²) in [6.07, 6.45) is -3.43. The minimum atomic E-state index is -4.66. The maximum absolute atomic E-state index is 13.1. The smallest absolute Gasteiger partial charge is 0.417 e. The zero-order valence-electron chi connectivity index (χ0n) is 19.7. The molecule has 1 atom stereocenters. The van der Waals surface area contributed by atoms with Crippen molar-refractivity contribution in [1.82, 2.24) is 14.5 Å². The summed E-state index contributed by atoms with van der Waals surface area (Å²) in [5.74, 6) is 0.980. The SMILES string of the molecule is Cc1cc(CC(=O)Nc2cc(C(F)(F)F)cn(C)c2=O)ccc1Oc1ccnc2c1CN(C)C(O)N2. The number of hydrogen-bond acceptors (Lipinski definition) is 7. The second-order valence-electron chi connectivity index (χ2n) is 8.55. The molecule has 9 nitrogen and oxygen atoms in total. The van der Waals surface area contributed by atoms with Crippen molar-refractivity contribution in [3.8, 4) is 11.5 Å². The molecule has 3 N–H and O–H groups in total. The topological polar surface area (TPSA) is 109 Å². The molecule has 0 saturated heterocycles. The van der Waals surface area contributed by atoms with Gasteiger partial charge in [-0.05, 0) is 43.3 Å². The predicted molar refractivity (Wildman–Crippen MR) is 126 cm³/mol. The van der Waals surface area contributed by atoms with Gasteiger partial charge in [0.2, 0.25) is 5.91 Å². The molecule has 0 spiro atoms. The quantitative estimate of drug-likeness (QED) is 0.491. The summed E-state index contributed by atoms with van der Waals surface area (Å²) in [6, 6.07) is 7.41. The van der Waals surface area contributed by atoms with Gasteiger partial charge in [-0.1, -0.05) is 12.1 Å². The minimum Gasteiger partial charge on any atom is -0.457 e. The standard InChI is InChI=1S/C24H24F3N5O4/c1-13-8-14(9-20(33)29-17-10-15(24(25,26)27)11-31(2)22(17)34)4-5-18(13)36-19-6-7-28-21-16(19)12-32(3)23(35)30-21/h4-8,10-11,23,35H,9,12H2,1-3H3,(H,28,30)(H,29,33). The van der Waals surface area contributed by atoms with E-state index in [0.717, 1.165) is 15.7 Å².